The van der Waals surface area contributed by atoms with E-state index in [0.717, 1.165) is 18.4 Å². The highest BCUT2D eigenvalue weighted by molar-refractivity contribution is 5.69. The number of benzene rings is 1. The molecule has 24 heavy (non-hydrogen) atoms. The van der Waals surface area contributed by atoms with Gasteiger partial charge in [-0.15, -0.1) is 0 Å². The average molecular weight is 335 g/mol. The van der Waals surface area contributed by atoms with E-state index in [4.69, 9.17) is 4.74 Å². The van der Waals surface area contributed by atoms with Crippen molar-refractivity contribution >= 4 is 6.09 Å². The second-order valence-corrected chi connectivity index (χ2v) is 8.83. The number of likely N-dealkylation sites (tertiary alicyclic amines) is 1. The van der Waals surface area contributed by atoms with Crippen molar-refractivity contribution in [3.8, 4) is 0 Å². The number of nitrogens with zero attached hydrogens (tertiary/aromatic N) is 1. The number of rotatable bonds is 1. The van der Waals surface area contributed by atoms with Crippen LogP contribution < -0.4 is 0 Å². The lowest BCUT2D eigenvalue weighted by molar-refractivity contribution is -0.0101. The summed E-state index contributed by atoms with van der Waals surface area (Å²) in [5.41, 5.74) is 0.609. The van der Waals surface area contributed by atoms with Crippen LogP contribution in [0.3, 0.4) is 0 Å². The Morgan fingerprint density at radius 3 is 2.21 bits per heavy atom. The molecular formula is C20H30FNO2. The fourth-order valence-corrected chi connectivity index (χ4v) is 3.36. The first-order valence-corrected chi connectivity index (χ1v) is 8.72. The number of halogens is 1. The van der Waals surface area contributed by atoms with Gasteiger partial charge in [0.05, 0.1) is 0 Å². The van der Waals surface area contributed by atoms with E-state index in [0.29, 0.717) is 12.5 Å². The van der Waals surface area contributed by atoms with Crippen LogP contribution in [0.5, 0.6) is 0 Å². The molecule has 0 radical (unpaired) electrons. The fraction of sp³-hybridized carbons (Fsp3) is 0.650. The van der Waals surface area contributed by atoms with Gasteiger partial charge in [0.1, 0.15) is 11.4 Å². The normalized spacial score (nSPS) is 22.4. The minimum absolute atomic E-state index is 0.0460. The van der Waals surface area contributed by atoms with Gasteiger partial charge in [-0.05, 0) is 62.6 Å². The highest BCUT2D eigenvalue weighted by Crippen LogP contribution is 2.39. The quantitative estimate of drug-likeness (QED) is 0.692. The first-order valence-electron chi connectivity index (χ1n) is 8.72. The summed E-state index contributed by atoms with van der Waals surface area (Å²) in [5, 5.41) is 0. The molecule has 1 aromatic carbocycles. The van der Waals surface area contributed by atoms with Crippen LogP contribution in [0.1, 0.15) is 65.9 Å². The molecule has 2 rings (SSSR count). The third-order valence-electron chi connectivity index (χ3n) is 4.57. The first kappa shape index (κ1) is 18.8. The molecule has 0 N–H and O–H groups in total. The topological polar surface area (TPSA) is 29.5 Å². The number of carbonyl (C=O) groups excluding carboxylic acids is 1. The van der Waals surface area contributed by atoms with E-state index in [1.165, 1.54) is 12.1 Å². The molecule has 0 unspecified atom stereocenters. The molecule has 0 aliphatic carbocycles. The summed E-state index contributed by atoms with van der Waals surface area (Å²) in [6.07, 6.45) is 1.51. The van der Waals surface area contributed by atoms with E-state index in [9.17, 15) is 9.18 Å². The van der Waals surface area contributed by atoms with Crippen LogP contribution in [0.25, 0.3) is 0 Å². The molecule has 1 saturated heterocycles. The zero-order chi connectivity index (χ0) is 18.1. The van der Waals surface area contributed by atoms with Crippen molar-refractivity contribution in [2.45, 2.75) is 71.9 Å². The summed E-state index contributed by atoms with van der Waals surface area (Å²) in [6.45, 7) is 12.8. The van der Waals surface area contributed by atoms with Gasteiger partial charge in [0.2, 0.25) is 0 Å². The number of hydrogen-bond donors (Lipinski definition) is 0. The zero-order valence-corrected chi connectivity index (χ0v) is 15.7. The molecule has 3 nitrogen and oxygen atoms in total. The van der Waals surface area contributed by atoms with E-state index in [1.807, 2.05) is 37.8 Å². The lowest BCUT2D eigenvalue weighted by Gasteiger charge is -2.46. The van der Waals surface area contributed by atoms with Crippen molar-refractivity contribution in [2.24, 2.45) is 5.41 Å². The zero-order valence-electron chi connectivity index (χ0n) is 15.7. The molecule has 1 fully saturated rings. The van der Waals surface area contributed by atoms with Crippen molar-refractivity contribution in [2.75, 3.05) is 6.54 Å². The summed E-state index contributed by atoms with van der Waals surface area (Å²) in [6, 6.07) is 6.85. The fourth-order valence-electron chi connectivity index (χ4n) is 3.36. The van der Waals surface area contributed by atoms with Crippen LogP contribution in [0.4, 0.5) is 9.18 Å². The Hall–Kier alpha value is -1.58. The van der Waals surface area contributed by atoms with Gasteiger partial charge in [-0.3, -0.25) is 0 Å². The van der Waals surface area contributed by atoms with Crippen LogP contribution >= 0.6 is 0 Å². The number of hydrogen-bond acceptors (Lipinski definition) is 2. The van der Waals surface area contributed by atoms with Crippen LogP contribution in [0.15, 0.2) is 24.3 Å². The molecule has 2 atom stereocenters. The predicted molar refractivity (Wildman–Crippen MR) is 94.6 cm³/mol. The molecule has 4 heteroatoms. The number of piperidine rings is 1. The van der Waals surface area contributed by atoms with Crippen LogP contribution in [0, 0.1) is 11.2 Å². The standard InChI is InChI=1S/C20H30FNO2/c1-19(2,3)17-13-15(14-7-9-16(21)10-8-14)11-12-22(17)18(23)24-20(4,5)6/h7-10,15,17H,11-13H2,1-6H3/t15-,17+/m0/s1. The van der Waals surface area contributed by atoms with Gasteiger partial charge in [0.25, 0.3) is 0 Å². The van der Waals surface area contributed by atoms with Crippen molar-refractivity contribution in [3.63, 3.8) is 0 Å². The largest absolute Gasteiger partial charge is 0.444 e. The summed E-state index contributed by atoms with van der Waals surface area (Å²) in [7, 11) is 0. The molecule has 0 spiro atoms. The lowest BCUT2D eigenvalue weighted by atomic mass is 9.75. The Morgan fingerprint density at radius 1 is 1.12 bits per heavy atom. The first-order chi connectivity index (χ1) is 11.0. The molecule has 0 saturated carbocycles. The second-order valence-electron chi connectivity index (χ2n) is 8.83. The van der Waals surface area contributed by atoms with Crippen molar-refractivity contribution in [1.29, 1.82) is 0 Å². The molecule has 1 aliphatic rings. The number of amides is 1. The van der Waals surface area contributed by atoms with Gasteiger partial charge in [0, 0.05) is 12.6 Å². The smallest absolute Gasteiger partial charge is 0.410 e. The number of ether oxygens (including phenoxy) is 1. The minimum Gasteiger partial charge on any atom is -0.444 e. The molecule has 0 aromatic heterocycles. The Kier molecular flexibility index (Phi) is 5.26. The van der Waals surface area contributed by atoms with E-state index in [-0.39, 0.29) is 23.4 Å². The van der Waals surface area contributed by atoms with E-state index < -0.39 is 5.60 Å². The van der Waals surface area contributed by atoms with Crippen LogP contribution in [-0.2, 0) is 4.74 Å². The molecule has 134 valence electrons. The molecule has 1 heterocycles. The highest BCUT2D eigenvalue weighted by Gasteiger charge is 2.40. The third kappa shape index (κ3) is 4.71. The Morgan fingerprint density at radius 2 is 1.71 bits per heavy atom. The van der Waals surface area contributed by atoms with Crippen LogP contribution in [0.2, 0.25) is 0 Å². The van der Waals surface area contributed by atoms with E-state index in [1.54, 1.807) is 0 Å². The van der Waals surface area contributed by atoms with Gasteiger partial charge in [0.15, 0.2) is 0 Å². The summed E-state index contributed by atoms with van der Waals surface area (Å²) >= 11 is 0. The van der Waals surface area contributed by atoms with E-state index >= 15 is 0 Å². The number of carbonyl (C=O) groups is 1. The molecule has 0 bridgehead atoms. The van der Waals surface area contributed by atoms with Gasteiger partial charge in [-0.2, -0.15) is 0 Å². The highest BCUT2D eigenvalue weighted by atomic mass is 19.1. The van der Waals surface area contributed by atoms with Gasteiger partial charge < -0.3 is 9.64 Å². The van der Waals surface area contributed by atoms with Crippen molar-refractivity contribution in [1.82, 2.24) is 4.90 Å². The van der Waals surface area contributed by atoms with Crippen molar-refractivity contribution in [3.05, 3.63) is 35.6 Å². The molecule has 1 amide bonds. The summed E-state index contributed by atoms with van der Waals surface area (Å²) < 4.78 is 18.8. The van der Waals surface area contributed by atoms with Crippen molar-refractivity contribution < 1.29 is 13.9 Å². The Balaban J connectivity index is 2.19. The maximum Gasteiger partial charge on any atom is 0.410 e. The summed E-state index contributed by atoms with van der Waals surface area (Å²) in [4.78, 5) is 14.5. The van der Waals surface area contributed by atoms with Gasteiger partial charge in [-0.1, -0.05) is 32.9 Å². The lowest BCUT2D eigenvalue weighted by Crippen LogP contribution is -2.52. The molecule has 1 aromatic rings. The molecular weight excluding hydrogens is 305 g/mol. The van der Waals surface area contributed by atoms with E-state index in [2.05, 4.69) is 20.8 Å². The summed E-state index contributed by atoms with van der Waals surface area (Å²) in [5.74, 6) is 0.130. The SMILES string of the molecule is CC(C)(C)OC(=O)N1CC[C@H](c2ccc(F)cc2)C[C@@H]1C(C)(C)C. The van der Waals surface area contributed by atoms with Gasteiger partial charge >= 0.3 is 6.09 Å². The van der Waals surface area contributed by atoms with Crippen LogP contribution in [-0.4, -0.2) is 29.2 Å². The maximum atomic E-state index is 13.2. The average Bonchev–Trinajstić information content (AvgIpc) is 2.44. The monoisotopic (exact) mass is 335 g/mol. The maximum absolute atomic E-state index is 13.2. The predicted octanol–water partition coefficient (Wildman–Crippen LogP) is 5.35. The van der Waals surface area contributed by atoms with Gasteiger partial charge in [-0.25, -0.2) is 9.18 Å². The molecule has 1 aliphatic heterocycles. The third-order valence-corrected chi connectivity index (χ3v) is 4.57. The Labute approximate surface area is 145 Å². The second kappa shape index (κ2) is 6.73. The Bertz CT molecular complexity index is 569. The minimum atomic E-state index is -0.493.